The second kappa shape index (κ2) is 3.77. The van der Waals surface area contributed by atoms with E-state index in [2.05, 4.69) is 20.1 Å². The predicted octanol–water partition coefficient (Wildman–Crippen LogP) is 0.524. The van der Waals surface area contributed by atoms with Crippen LogP contribution in [-0.4, -0.2) is 34.1 Å². The van der Waals surface area contributed by atoms with Crippen molar-refractivity contribution in [3.05, 3.63) is 0 Å². The molecule has 1 fully saturated rings. The number of ether oxygens (including phenoxy) is 1. The van der Waals surface area contributed by atoms with Gasteiger partial charge in [-0.25, -0.2) is 0 Å². The number of anilines is 1. The van der Waals surface area contributed by atoms with Gasteiger partial charge in [-0.1, -0.05) is 9.59 Å². The van der Waals surface area contributed by atoms with Crippen LogP contribution in [0.1, 0.15) is 12.8 Å². The molecule has 0 saturated carbocycles. The Labute approximate surface area is 74.3 Å². The van der Waals surface area contributed by atoms with E-state index in [0.717, 1.165) is 24.7 Å². The molecule has 1 aromatic rings. The smallest absolute Gasteiger partial charge is 0.225 e. The minimum Gasteiger partial charge on any atom is -0.376 e. The Balaban J connectivity index is 1.74. The molecule has 2 rings (SSSR count). The van der Waals surface area contributed by atoms with E-state index in [4.69, 9.17) is 4.74 Å². The Hall–Kier alpha value is -0.750. The largest absolute Gasteiger partial charge is 0.376 e. The first kappa shape index (κ1) is 7.88. The molecule has 1 unspecified atom stereocenters. The summed E-state index contributed by atoms with van der Waals surface area (Å²) in [4.78, 5) is 0. The van der Waals surface area contributed by atoms with E-state index >= 15 is 0 Å². The third kappa shape index (κ3) is 1.89. The Morgan fingerprint density at radius 2 is 2.67 bits per heavy atom. The van der Waals surface area contributed by atoms with Crippen molar-refractivity contribution in [1.29, 1.82) is 0 Å². The van der Waals surface area contributed by atoms with Gasteiger partial charge in [0, 0.05) is 24.7 Å². The summed E-state index contributed by atoms with van der Waals surface area (Å²) >= 11 is 1.27. The summed E-state index contributed by atoms with van der Waals surface area (Å²) in [6.07, 6.45) is 2.65. The van der Waals surface area contributed by atoms with Crippen LogP contribution in [0.15, 0.2) is 0 Å². The summed E-state index contributed by atoms with van der Waals surface area (Å²) in [7, 11) is 0. The average molecular weight is 186 g/mol. The lowest BCUT2D eigenvalue weighted by Crippen LogP contribution is -2.18. The van der Waals surface area contributed by atoms with Crippen LogP contribution in [0.2, 0.25) is 0 Å². The second-order valence-corrected chi connectivity index (χ2v) is 3.42. The summed E-state index contributed by atoms with van der Waals surface area (Å²) < 4.78 is 9.07. The van der Waals surface area contributed by atoms with Crippen molar-refractivity contribution in [3.8, 4) is 0 Å². The van der Waals surface area contributed by atoms with Crippen molar-refractivity contribution < 1.29 is 4.74 Å². The third-order valence-corrected chi connectivity index (χ3v) is 2.36. The van der Waals surface area contributed by atoms with Crippen LogP contribution < -0.4 is 5.32 Å². The lowest BCUT2D eigenvalue weighted by Gasteiger charge is -2.08. The van der Waals surface area contributed by atoms with Crippen LogP contribution >= 0.6 is 11.5 Å². The van der Waals surface area contributed by atoms with Gasteiger partial charge in [-0.3, -0.25) is 0 Å². The molecule has 0 radical (unpaired) electrons. The summed E-state index contributed by atoms with van der Waals surface area (Å²) in [5.74, 6) is 0. The van der Waals surface area contributed by atoms with E-state index in [1.54, 1.807) is 0 Å². The van der Waals surface area contributed by atoms with Crippen LogP contribution in [0, 0.1) is 0 Å². The first-order chi connectivity index (χ1) is 5.95. The highest BCUT2D eigenvalue weighted by atomic mass is 32.1. The summed E-state index contributed by atoms with van der Waals surface area (Å²) in [6.45, 7) is 1.71. The maximum atomic E-state index is 5.42. The Morgan fingerprint density at radius 1 is 1.67 bits per heavy atom. The van der Waals surface area contributed by atoms with E-state index in [1.807, 2.05) is 0 Å². The van der Waals surface area contributed by atoms with Gasteiger partial charge >= 0.3 is 0 Å². The van der Waals surface area contributed by atoms with Crippen LogP contribution in [-0.2, 0) is 4.74 Å². The highest BCUT2D eigenvalue weighted by Crippen LogP contribution is 2.13. The lowest BCUT2D eigenvalue weighted by atomic mass is 10.2. The van der Waals surface area contributed by atoms with E-state index in [9.17, 15) is 0 Å². The SMILES string of the molecule is C1COC(CNc2nnns2)C1. The first-order valence-electron chi connectivity index (χ1n) is 3.95. The predicted molar refractivity (Wildman–Crippen MR) is 45.2 cm³/mol. The summed E-state index contributed by atoms with van der Waals surface area (Å²) in [5, 5.41) is 11.1. The fourth-order valence-corrected chi connectivity index (χ4v) is 1.58. The molecule has 2 heterocycles. The van der Waals surface area contributed by atoms with Gasteiger partial charge in [0.15, 0.2) is 0 Å². The molecule has 1 aliphatic rings. The monoisotopic (exact) mass is 186 g/mol. The zero-order valence-electron chi connectivity index (χ0n) is 6.56. The number of aromatic nitrogens is 3. The van der Waals surface area contributed by atoms with Crippen molar-refractivity contribution in [1.82, 2.24) is 14.8 Å². The van der Waals surface area contributed by atoms with Gasteiger partial charge in [0.05, 0.1) is 6.10 Å². The topological polar surface area (TPSA) is 59.9 Å². The van der Waals surface area contributed by atoms with Gasteiger partial charge in [-0.15, -0.1) is 0 Å². The Morgan fingerprint density at radius 3 is 3.33 bits per heavy atom. The normalized spacial score (nSPS) is 22.8. The third-order valence-electron chi connectivity index (χ3n) is 1.80. The summed E-state index contributed by atoms with van der Waals surface area (Å²) in [6, 6.07) is 0. The molecule has 1 N–H and O–H groups in total. The van der Waals surface area contributed by atoms with E-state index in [1.165, 1.54) is 18.0 Å². The van der Waals surface area contributed by atoms with Crippen LogP contribution in [0.5, 0.6) is 0 Å². The van der Waals surface area contributed by atoms with Gasteiger partial charge in [-0.2, -0.15) is 0 Å². The van der Waals surface area contributed by atoms with Crippen LogP contribution in [0.4, 0.5) is 5.13 Å². The quantitative estimate of drug-likeness (QED) is 0.746. The number of rotatable bonds is 3. The number of nitrogens with zero attached hydrogens (tertiary/aromatic N) is 3. The zero-order chi connectivity index (χ0) is 8.23. The molecule has 66 valence electrons. The maximum Gasteiger partial charge on any atom is 0.225 e. The van der Waals surface area contributed by atoms with Crippen molar-refractivity contribution >= 4 is 16.7 Å². The fourth-order valence-electron chi connectivity index (χ4n) is 1.21. The molecule has 1 saturated heterocycles. The average Bonchev–Trinajstić information content (AvgIpc) is 2.74. The molecule has 0 aromatic carbocycles. The minimum atomic E-state index is 0.342. The Bertz CT molecular complexity index is 221. The highest BCUT2D eigenvalue weighted by Gasteiger charge is 2.15. The number of hydrogen-bond donors (Lipinski definition) is 1. The molecule has 5 nitrogen and oxygen atoms in total. The highest BCUT2D eigenvalue weighted by molar-refractivity contribution is 7.09. The molecule has 0 amide bonds. The molecule has 0 spiro atoms. The maximum absolute atomic E-state index is 5.42. The molecule has 1 atom stereocenters. The lowest BCUT2D eigenvalue weighted by molar-refractivity contribution is 0.120. The van der Waals surface area contributed by atoms with Gasteiger partial charge in [-0.05, 0) is 18.1 Å². The van der Waals surface area contributed by atoms with Crippen molar-refractivity contribution in [2.45, 2.75) is 18.9 Å². The molecule has 0 bridgehead atoms. The van der Waals surface area contributed by atoms with Gasteiger partial charge < -0.3 is 10.1 Å². The van der Waals surface area contributed by atoms with Crippen molar-refractivity contribution in [2.75, 3.05) is 18.5 Å². The van der Waals surface area contributed by atoms with Gasteiger partial charge in [0.25, 0.3) is 0 Å². The summed E-state index contributed by atoms with van der Waals surface area (Å²) in [5.41, 5.74) is 0. The van der Waals surface area contributed by atoms with Gasteiger partial charge in [0.2, 0.25) is 5.13 Å². The Kier molecular flexibility index (Phi) is 2.48. The van der Waals surface area contributed by atoms with Crippen LogP contribution in [0.3, 0.4) is 0 Å². The van der Waals surface area contributed by atoms with E-state index in [-0.39, 0.29) is 0 Å². The van der Waals surface area contributed by atoms with E-state index < -0.39 is 0 Å². The molecular formula is C6H10N4OS. The van der Waals surface area contributed by atoms with Crippen molar-refractivity contribution in [2.24, 2.45) is 0 Å². The minimum absolute atomic E-state index is 0.342. The molecule has 6 heteroatoms. The zero-order valence-corrected chi connectivity index (χ0v) is 7.38. The molecular weight excluding hydrogens is 176 g/mol. The van der Waals surface area contributed by atoms with Gasteiger partial charge in [0.1, 0.15) is 0 Å². The molecule has 12 heavy (non-hydrogen) atoms. The second-order valence-electron chi connectivity index (χ2n) is 2.68. The van der Waals surface area contributed by atoms with E-state index in [0.29, 0.717) is 6.10 Å². The molecule has 1 aromatic heterocycles. The first-order valence-corrected chi connectivity index (χ1v) is 4.73. The van der Waals surface area contributed by atoms with Crippen molar-refractivity contribution in [3.63, 3.8) is 0 Å². The standard InChI is InChI=1S/C6H10N4OS/c1-2-5(11-3-1)4-7-6-8-9-10-12-6/h5H,1-4H2,(H,7,8,10). The molecule has 0 aliphatic carbocycles. The molecule has 1 aliphatic heterocycles. The van der Waals surface area contributed by atoms with Crippen LogP contribution in [0.25, 0.3) is 0 Å². The number of hydrogen-bond acceptors (Lipinski definition) is 6. The number of nitrogens with one attached hydrogen (secondary N) is 1. The fraction of sp³-hybridized carbons (Fsp3) is 0.833.